The summed E-state index contributed by atoms with van der Waals surface area (Å²) in [5.74, 6) is 0.775. The Labute approximate surface area is 90.1 Å². The number of nitrogens with zero attached hydrogens (tertiary/aromatic N) is 1. The van der Waals surface area contributed by atoms with E-state index in [1.165, 1.54) is 12.8 Å². The Hall–Kier alpha value is -0.0800. The van der Waals surface area contributed by atoms with E-state index in [-0.39, 0.29) is 0 Å². The van der Waals surface area contributed by atoms with Crippen LogP contribution >= 0.6 is 0 Å². The molecule has 0 aromatic rings. The fourth-order valence-electron chi connectivity index (χ4n) is 1.73. The first kappa shape index (κ1) is 13.9. The normalized spacial score (nSPS) is 16.3. The van der Waals surface area contributed by atoms with E-state index in [0.717, 1.165) is 12.5 Å². The van der Waals surface area contributed by atoms with Gasteiger partial charge in [0.05, 0.1) is 0 Å². The number of rotatable bonds is 7. The molecule has 2 nitrogen and oxygen atoms in total. The van der Waals surface area contributed by atoms with Crippen molar-refractivity contribution in [3.8, 4) is 0 Å². The summed E-state index contributed by atoms with van der Waals surface area (Å²) < 4.78 is 0. The topological polar surface area (TPSA) is 15.3 Å². The van der Waals surface area contributed by atoms with Crippen LogP contribution in [0.5, 0.6) is 0 Å². The van der Waals surface area contributed by atoms with Gasteiger partial charge < -0.3 is 10.2 Å². The summed E-state index contributed by atoms with van der Waals surface area (Å²) in [5.41, 5.74) is 0. The molecule has 0 fully saturated rings. The molecule has 0 aromatic heterocycles. The van der Waals surface area contributed by atoms with E-state index >= 15 is 0 Å². The third-order valence-corrected chi connectivity index (χ3v) is 2.47. The van der Waals surface area contributed by atoms with Gasteiger partial charge in [-0.1, -0.05) is 20.8 Å². The monoisotopic (exact) mass is 200 g/mol. The molecule has 0 spiro atoms. The predicted molar refractivity (Wildman–Crippen MR) is 64.7 cm³/mol. The van der Waals surface area contributed by atoms with Crippen LogP contribution in [0.1, 0.15) is 40.5 Å². The standard InChI is InChI=1S/C12H28N2/c1-7-11(4)13-12(8-10(2)3)9-14(5)6/h10-13H,7-9H2,1-6H3. The first-order valence-corrected chi connectivity index (χ1v) is 5.86. The van der Waals surface area contributed by atoms with Crippen LogP contribution in [-0.2, 0) is 0 Å². The van der Waals surface area contributed by atoms with Crippen molar-refractivity contribution >= 4 is 0 Å². The van der Waals surface area contributed by atoms with Crippen LogP contribution in [0.25, 0.3) is 0 Å². The van der Waals surface area contributed by atoms with Gasteiger partial charge in [0.1, 0.15) is 0 Å². The smallest absolute Gasteiger partial charge is 0.0199 e. The highest BCUT2D eigenvalue weighted by atomic mass is 15.1. The molecule has 0 aliphatic heterocycles. The van der Waals surface area contributed by atoms with Gasteiger partial charge in [0.15, 0.2) is 0 Å². The summed E-state index contributed by atoms with van der Waals surface area (Å²) in [4.78, 5) is 2.27. The lowest BCUT2D eigenvalue weighted by molar-refractivity contribution is 0.288. The SMILES string of the molecule is CCC(C)NC(CC(C)C)CN(C)C. The highest BCUT2D eigenvalue weighted by Crippen LogP contribution is 2.07. The Balaban J connectivity index is 3.96. The zero-order valence-corrected chi connectivity index (χ0v) is 10.8. The van der Waals surface area contributed by atoms with Gasteiger partial charge in [-0.15, -0.1) is 0 Å². The van der Waals surface area contributed by atoms with Crippen LogP contribution in [0, 0.1) is 5.92 Å². The molecule has 14 heavy (non-hydrogen) atoms. The van der Waals surface area contributed by atoms with E-state index in [4.69, 9.17) is 0 Å². The lowest BCUT2D eigenvalue weighted by Crippen LogP contribution is -2.43. The molecule has 0 amide bonds. The quantitative estimate of drug-likeness (QED) is 0.678. The van der Waals surface area contributed by atoms with Gasteiger partial charge >= 0.3 is 0 Å². The Kier molecular flexibility index (Phi) is 7.20. The fraction of sp³-hybridized carbons (Fsp3) is 1.00. The first-order chi connectivity index (χ1) is 6.45. The summed E-state index contributed by atoms with van der Waals surface area (Å²) in [7, 11) is 4.29. The molecule has 0 aromatic carbocycles. The second-order valence-electron chi connectivity index (χ2n) is 5.06. The first-order valence-electron chi connectivity index (χ1n) is 5.86. The van der Waals surface area contributed by atoms with Crippen molar-refractivity contribution < 1.29 is 0 Å². The molecular weight excluding hydrogens is 172 g/mol. The summed E-state index contributed by atoms with van der Waals surface area (Å²) in [6.07, 6.45) is 2.48. The molecule has 0 aliphatic rings. The molecule has 0 rings (SSSR count). The molecule has 0 saturated carbocycles. The lowest BCUT2D eigenvalue weighted by Gasteiger charge is -2.26. The van der Waals surface area contributed by atoms with Crippen molar-refractivity contribution in [2.75, 3.05) is 20.6 Å². The molecule has 0 heterocycles. The molecule has 2 unspecified atom stereocenters. The van der Waals surface area contributed by atoms with Crippen LogP contribution in [0.4, 0.5) is 0 Å². The fourth-order valence-corrected chi connectivity index (χ4v) is 1.73. The third kappa shape index (κ3) is 7.34. The van der Waals surface area contributed by atoms with Crippen molar-refractivity contribution in [2.24, 2.45) is 5.92 Å². The van der Waals surface area contributed by atoms with Crippen molar-refractivity contribution in [3.05, 3.63) is 0 Å². The van der Waals surface area contributed by atoms with Crippen molar-refractivity contribution in [3.63, 3.8) is 0 Å². The maximum absolute atomic E-state index is 3.69. The van der Waals surface area contributed by atoms with Crippen LogP contribution in [0.15, 0.2) is 0 Å². The maximum atomic E-state index is 3.69. The molecule has 0 bridgehead atoms. The third-order valence-electron chi connectivity index (χ3n) is 2.47. The average Bonchev–Trinajstić information content (AvgIpc) is 2.01. The Morgan fingerprint density at radius 2 is 1.71 bits per heavy atom. The zero-order valence-electron chi connectivity index (χ0n) is 10.8. The van der Waals surface area contributed by atoms with Gasteiger partial charge in [-0.2, -0.15) is 0 Å². The largest absolute Gasteiger partial charge is 0.310 e. The maximum Gasteiger partial charge on any atom is 0.0199 e. The molecule has 0 aliphatic carbocycles. The molecule has 86 valence electrons. The molecule has 1 N–H and O–H groups in total. The van der Waals surface area contributed by atoms with E-state index in [9.17, 15) is 0 Å². The minimum atomic E-state index is 0.638. The van der Waals surface area contributed by atoms with Gasteiger partial charge in [-0.3, -0.25) is 0 Å². The average molecular weight is 200 g/mol. The van der Waals surface area contributed by atoms with Gasteiger partial charge in [0.25, 0.3) is 0 Å². The number of nitrogens with one attached hydrogen (secondary N) is 1. The van der Waals surface area contributed by atoms with Crippen molar-refractivity contribution in [1.82, 2.24) is 10.2 Å². The van der Waals surface area contributed by atoms with Gasteiger partial charge in [-0.25, -0.2) is 0 Å². The second-order valence-corrected chi connectivity index (χ2v) is 5.06. The van der Waals surface area contributed by atoms with E-state index in [1.54, 1.807) is 0 Å². The van der Waals surface area contributed by atoms with Crippen molar-refractivity contribution in [1.29, 1.82) is 0 Å². The second kappa shape index (κ2) is 7.24. The van der Waals surface area contributed by atoms with E-state index < -0.39 is 0 Å². The lowest BCUT2D eigenvalue weighted by atomic mass is 10.0. The summed E-state index contributed by atoms with van der Waals surface area (Å²) in [6, 6.07) is 1.28. The minimum absolute atomic E-state index is 0.638. The van der Waals surface area contributed by atoms with Gasteiger partial charge in [0, 0.05) is 18.6 Å². The van der Waals surface area contributed by atoms with E-state index in [0.29, 0.717) is 12.1 Å². The Morgan fingerprint density at radius 3 is 2.07 bits per heavy atom. The molecular formula is C12H28N2. The van der Waals surface area contributed by atoms with Crippen LogP contribution in [0.3, 0.4) is 0 Å². The number of hydrogen-bond acceptors (Lipinski definition) is 2. The Bertz CT molecular complexity index is 122. The number of likely N-dealkylation sites (N-methyl/N-ethyl adjacent to an activating group) is 1. The summed E-state index contributed by atoms with van der Waals surface area (Å²) >= 11 is 0. The Morgan fingerprint density at radius 1 is 1.14 bits per heavy atom. The minimum Gasteiger partial charge on any atom is -0.310 e. The highest BCUT2D eigenvalue weighted by Gasteiger charge is 2.13. The van der Waals surface area contributed by atoms with Crippen molar-refractivity contribution in [2.45, 2.75) is 52.6 Å². The van der Waals surface area contributed by atoms with Crippen LogP contribution in [-0.4, -0.2) is 37.6 Å². The molecule has 0 radical (unpaired) electrons. The molecule has 0 saturated heterocycles. The summed E-state index contributed by atoms with van der Waals surface area (Å²) in [5, 5.41) is 3.69. The summed E-state index contributed by atoms with van der Waals surface area (Å²) in [6.45, 7) is 10.2. The molecule has 2 atom stereocenters. The highest BCUT2D eigenvalue weighted by molar-refractivity contribution is 4.74. The van der Waals surface area contributed by atoms with E-state index in [2.05, 4.69) is 52.0 Å². The predicted octanol–water partition coefficient (Wildman–Crippen LogP) is 2.35. The van der Waals surface area contributed by atoms with Crippen LogP contribution < -0.4 is 5.32 Å². The van der Waals surface area contributed by atoms with E-state index in [1.807, 2.05) is 0 Å². The zero-order chi connectivity index (χ0) is 11.1. The van der Waals surface area contributed by atoms with Gasteiger partial charge in [0.2, 0.25) is 0 Å². The van der Waals surface area contributed by atoms with Gasteiger partial charge in [-0.05, 0) is 39.8 Å². The van der Waals surface area contributed by atoms with Crippen LogP contribution in [0.2, 0.25) is 0 Å². The number of hydrogen-bond donors (Lipinski definition) is 1. The molecule has 2 heteroatoms.